The molecule has 1 atom stereocenters. The van der Waals surface area contributed by atoms with Crippen LogP contribution in [0.4, 0.5) is 0 Å². The second kappa shape index (κ2) is 7.95. The van der Waals surface area contributed by atoms with Crippen molar-refractivity contribution in [2.45, 2.75) is 39.0 Å². The van der Waals surface area contributed by atoms with E-state index in [-0.39, 0.29) is 11.8 Å². The molecule has 2 aromatic carbocycles. The molecule has 1 aliphatic rings. The van der Waals surface area contributed by atoms with E-state index in [1.165, 1.54) is 0 Å². The van der Waals surface area contributed by atoms with Crippen molar-refractivity contribution in [3.05, 3.63) is 94.5 Å². The monoisotopic (exact) mass is 443 g/mol. The van der Waals surface area contributed by atoms with Gasteiger partial charge >= 0.3 is 0 Å². The third-order valence-corrected chi connectivity index (χ3v) is 7.23. The summed E-state index contributed by atoms with van der Waals surface area (Å²) in [5.41, 5.74) is 2.83. The Morgan fingerprint density at radius 3 is 2.56 bits per heavy atom. The van der Waals surface area contributed by atoms with Gasteiger partial charge in [0.05, 0.1) is 6.54 Å². The lowest BCUT2D eigenvalue weighted by Gasteiger charge is -2.44. The molecule has 0 bridgehead atoms. The highest BCUT2D eigenvalue weighted by molar-refractivity contribution is 7.16. The molecule has 162 valence electrons. The number of hydrogen-bond acceptors (Lipinski definition) is 3. The Balaban J connectivity index is 1.51. The number of nitrogens with zero attached hydrogens (tertiary/aromatic N) is 2. The molecule has 0 spiro atoms. The number of rotatable bonds is 5. The van der Waals surface area contributed by atoms with Crippen LogP contribution in [0.15, 0.2) is 72.1 Å². The number of aryl methyl sites for hydroxylation is 1. The van der Waals surface area contributed by atoms with Crippen molar-refractivity contribution < 1.29 is 9.59 Å². The predicted molar refractivity (Wildman–Crippen MR) is 128 cm³/mol. The van der Waals surface area contributed by atoms with E-state index >= 15 is 0 Å². The van der Waals surface area contributed by atoms with Gasteiger partial charge in [-0.05, 0) is 42.5 Å². The van der Waals surface area contributed by atoms with Crippen molar-refractivity contribution in [2.24, 2.45) is 0 Å². The summed E-state index contributed by atoms with van der Waals surface area (Å²) in [7, 11) is 0. The molecule has 2 aromatic heterocycles. The maximum atomic E-state index is 13.7. The first-order valence-electron chi connectivity index (χ1n) is 10.7. The molecule has 0 saturated heterocycles. The first-order valence-corrected chi connectivity index (χ1v) is 11.6. The lowest BCUT2D eigenvalue weighted by atomic mass is 9.93. The second-order valence-electron chi connectivity index (χ2n) is 8.62. The summed E-state index contributed by atoms with van der Waals surface area (Å²) >= 11 is 1.60. The maximum Gasteiger partial charge on any atom is 0.271 e. The third kappa shape index (κ3) is 3.50. The van der Waals surface area contributed by atoms with E-state index < -0.39 is 5.54 Å². The van der Waals surface area contributed by atoms with Gasteiger partial charge in [-0.3, -0.25) is 9.59 Å². The summed E-state index contributed by atoms with van der Waals surface area (Å²) in [5.74, 6) is -0.261. The van der Waals surface area contributed by atoms with Crippen LogP contribution in [0.3, 0.4) is 0 Å². The molecule has 0 saturated carbocycles. The van der Waals surface area contributed by atoms with Crippen LogP contribution in [-0.4, -0.2) is 26.8 Å². The molecule has 3 heterocycles. The van der Waals surface area contributed by atoms with Crippen LogP contribution in [0.5, 0.6) is 0 Å². The van der Waals surface area contributed by atoms with Gasteiger partial charge in [0.2, 0.25) is 5.91 Å². The van der Waals surface area contributed by atoms with Crippen LogP contribution in [-0.2, 0) is 24.4 Å². The highest BCUT2D eigenvalue weighted by atomic mass is 32.1. The van der Waals surface area contributed by atoms with Gasteiger partial charge < -0.3 is 14.8 Å². The summed E-state index contributed by atoms with van der Waals surface area (Å²) in [6.45, 7) is 5.14. The smallest absolute Gasteiger partial charge is 0.271 e. The highest BCUT2D eigenvalue weighted by Gasteiger charge is 2.47. The molecule has 0 radical (unpaired) electrons. The Bertz CT molecular complexity index is 1290. The zero-order valence-electron chi connectivity index (χ0n) is 18.2. The molecule has 4 aromatic rings. The molecule has 1 N–H and O–H groups in total. The molecule has 1 aliphatic heterocycles. The number of amides is 2. The number of hydrogen-bond donors (Lipinski definition) is 1. The number of fused-ring (bicyclic) bond motifs is 3. The summed E-state index contributed by atoms with van der Waals surface area (Å²) in [5, 5.41) is 6.14. The Morgan fingerprint density at radius 1 is 1.06 bits per heavy atom. The van der Waals surface area contributed by atoms with Crippen LogP contribution >= 0.6 is 11.3 Å². The standard InChI is InChI=1S/C26H25N3O2S/c1-18-8-10-20(11-9-18)16-29-23(30)22-14-21-12-13-32-24(21)28(22)17-26(29,2)25(31)27-15-19-6-4-3-5-7-19/h3-14H,15-17H2,1-2H3,(H,27,31)/t26-/m1/s1. The van der Waals surface area contributed by atoms with Gasteiger partial charge in [-0.2, -0.15) is 0 Å². The van der Waals surface area contributed by atoms with E-state index in [1.54, 1.807) is 16.2 Å². The summed E-state index contributed by atoms with van der Waals surface area (Å²) in [6.07, 6.45) is 0. The third-order valence-electron chi connectivity index (χ3n) is 6.27. The topological polar surface area (TPSA) is 54.3 Å². The zero-order valence-corrected chi connectivity index (χ0v) is 19.0. The quantitative estimate of drug-likeness (QED) is 0.484. The average molecular weight is 444 g/mol. The molecule has 2 amide bonds. The second-order valence-corrected chi connectivity index (χ2v) is 9.51. The summed E-state index contributed by atoms with van der Waals surface area (Å²) in [6, 6.07) is 21.9. The van der Waals surface area contributed by atoms with Crippen LogP contribution in [0, 0.1) is 6.92 Å². The van der Waals surface area contributed by atoms with Gasteiger partial charge in [-0.1, -0.05) is 60.2 Å². The van der Waals surface area contributed by atoms with Crippen LogP contribution in [0.2, 0.25) is 0 Å². The Kier molecular flexibility index (Phi) is 5.10. The fourth-order valence-electron chi connectivity index (χ4n) is 4.35. The maximum absolute atomic E-state index is 13.7. The van der Waals surface area contributed by atoms with E-state index in [1.807, 2.05) is 90.5 Å². The normalized spacial score (nSPS) is 18.1. The zero-order chi connectivity index (χ0) is 22.3. The summed E-state index contributed by atoms with van der Waals surface area (Å²) in [4.78, 5) is 30.0. The van der Waals surface area contributed by atoms with Crippen molar-refractivity contribution in [2.75, 3.05) is 0 Å². The van der Waals surface area contributed by atoms with E-state index in [0.717, 1.165) is 26.9 Å². The minimum atomic E-state index is -1.01. The average Bonchev–Trinajstić information content (AvgIpc) is 3.39. The lowest BCUT2D eigenvalue weighted by Crippen LogP contribution is -2.63. The first-order chi connectivity index (χ1) is 15.5. The minimum Gasteiger partial charge on any atom is -0.350 e. The molecule has 0 aliphatic carbocycles. The van der Waals surface area contributed by atoms with Crippen molar-refractivity contribution in [1.29, 1.82) is 0 Å². The summed E-state index contributed by atoms with van der Waals surface area (Å²) < 4.78 is 2.01. The van der Waals surface area contributed by atoms with Crippen molar-refractivity contribution in [3.63, 3.8) is 0 Å². The number of carbonyl (C=O) groups excluding carboxylic acids is 2. The molecule has 32 heavy (non-hydrogen) atoms. The van der Waals surface area contributed by atoms with E-state index in [4.69, 9.17) is 0 Å². The number of nitrogens with one attached hydrogen (secondary N) is 1. The van der Waals surface area contributed by atoms with Crippen LogP contribution in [0.25, 0.3) is 10.2 Å². The molecule has 5 nitrogen and oxygen atoms in total. The molecular formula is C26H25N3O2S. The van der Waals surface area contributed by atoms with Crippen molar-refractivity contribution in [3.8, 4) is 0 Å². The van der Waals surface area contributed by atoms with Crippen molar-refractivity contribution >= 4 is 33.4 Å². The Morgan fingerprint density at radius 2 is 1.81 bits per heavy atom. The number of aromatic nitrogens is 1. The number of benzene rings is 2. The molecule has 0 fully saturated rings. The van der Waals surface area contributed by atoms with E-state index in [2.05, 4.69) is 5.32 Å². The van der Waals surface area contributed by atoms with Gasteiger partial charge in [0.25, 0.3) is 5.91 Å². The van der Waals surface area contributed by atoms with E-state index in [0.29, 0.717) is 25.3 Å². The predicted octanol–water partition coefficient (Wildman–Crippen LogP) is 4.74. The molecule has 0 unspecified atom stereocenters. The number of thiophene rings is 1. The fraction of sp³-hybridized carbons (Fsp3) is 0.231. The van der Waals surface area contributed by atoms with Gasteiger partial charge in [0, 0.05) is 18.5 Å². The van der Waals surface area contributed by atoms with Crippen molar-refractivity contribution in [1.82, 2.24) is 14.8 Å². The fourth-order valence-corrected chi connectivity index (χ4v) is 5.25. The van der Waals surface area contributed by atoms with Gasteiger partial charge in [-0.25, -0.2) is 0 Å². The SMILES string of the molecule is Cc1ccc(CN2C(=O)c3cc4ccsc4n3C[C@]2(C)C(=O)NCc2ccccc2)cc1. The molecule has 6 heteroatoms. The van der Waals surface area contributed by atoms with Crippen LogP contribution in [0.1, 0.15) is 34.1 Å². The van der Waals surface area contributed by atoms with Gasteiger partial charge in [0.1, 0.15) is 16.1 Å². The van der Waals surface area contributed by atoms with Gasteiger partial charge in [-0.15, -0.1) is 11.3 Å². The number of carbonyl (C=O) groups is 2. The van der Waals surface area contributed by atoms with Gasteiger partial charge in [0.15, 0.2) is 0 Å². The Labute approximate surface area is 191 Å². The molecule has 5 rings (SSSR count). The lowest BCUT2D eigenvalue weighted by molar-refractivity contribution is -0.133. The Hall–Kier alpha value is -3.38. The highest BCUT2D eigenvalue weighted by Crippen LogP contribution is 2.35. The largest absolute Gasteiger partial charge is 0.350 e. The first kappa shape index (κ1) is 20.5. The molecular weight excluding hydrogens is 418 g/mol. The minimum absolute atomic E-state index is 0.113. The van der Waals surface area contributed by atoms with Crippen LogP contribution < -0.4 is 5.32 Å². The van der Waals surface area contributed by atoms with E-state index in [9.17, 15) is 9.59 Å².